The molecule has 1 fully saturated rings. The van der Waals surface area contributed by atoms with Gasteiger partial charge in [-0.3, -0.25) is 0 Å². The zero-order valence-corrected chi connectivity index (χ0v) is 10.3. The van der Waals surface area contributed by atoms with E-state index in [0.717, 1.165) is 0 Å². The third kappa shape index (κ3) is 3.03. The molecule has 0 aromatic rings. The van der Waals surface area contributed by atoms with Crippen LogP contribution in [0.5, 0.6) is 0 Å². The highest BCUT2D eigenvalue weighted by atomic mass is 35.5. The van der Waals surface area contributed by atoms with Crippen molar-refractivity contribution in [2.45, 2.75) is 37.6 Å². The number of rotatable bonds is 2. The Morgan fingerprint density at radius 1 is 1.20 bits per heavy atom. The molecular formula is C9H20ClNO4. The summed E-state index contributed by atoms with van der Waals surface area (Å²) in [5.41, 5.74) is 0. The van der Waals surface area contributed by atoms with E-state index in [2.05, 4.69) is 0 Å². The van der Waals surface area contributed by atoms with E-state index in [4.69, 9.17) is 9.47 Å². The molecule has 5 atom stereocenters. The van der Waals surface area contributed by atoms with Gasteiger partial charge in [-0.05, 0) is 21.0 Å². The predicted octanol–water partition coefficient (Wildman–Crippen LogP) is -0.549. The van der Waals surface area contributed by atoms with Gasteiger partial charge in [-0.1, -0.05) is 0 Å². The normalized spacial score (nSPS) is 41.4. The number of aliphatic hydroxyl groups excluding tert-OH is 2. The van der Waals surface area contributed by atoms with Crippen LogP contribution in [0.15, 0.2) is 0 Å². The molecule has 0 radical (unpaired) electrons. The molecule has 1 saturated heterocycles. The van der Waals surface area contributed by atoms with Crippen LogP contribution in [0.4, 0.5) is 0 Å². The van der Waals surface area contributed by atoms with Gasteiger partial charge in [0, 0.05) is 7.11 Å². The minimum Gasteiger partial charge on any atom is -0.389 e. The van der Waals surface area contributed by atoms with E-state index < -0.39 is 18.5 Å². The van der Waals surface area contributed by atoms with Crippen LogP contribution in [0.1, 0.15) is 6.92 Å². The first-order valence-corrected chi connectivity index (χ1v) is 4.70. The Balaban J connectivity index is 0.00000196. The second-order valence-corrected chi connectivity index (χ2v) is 3.88. The molecule has 0 aromatic heterocycles. The standard InChI is InChI=1S/C9H19NO4.ClH/c1-5-7(11)6(10(2)3)8(12)9(13-4)14-5;/h5-9,11-12H,1-4H3;1H. The van der Waals surface area contributed by atoms with E-state index >= 15 is 0 Å². The quantitative estimate of drug-likeness (QED) is 0.680. The highest BCUT2D eigenvalue weighted by molar-refractivity contribution is 5.85. The smallest absolute Gasteiger partial charge is 0.185 e. The molecule has 0 spiro atoms. The van der Waals surface area contributed by atoms with E-state index in [0.29, 0.717) is 0 Å². The first kappa shape index (κ1) is 15.1. The lowest BCUT2D eigenvalue weighted by Crippen LogP contribution is -2.62. The van der Waals surface area contributed by atoms with E-state index in [-0.39, 0.29) is 24.6 Å². The number of methoxy groups -OCH3 is 1. The van der Waals surface area contributed by atoms with Gasteiger partial charge in [-0.2, -0.15) is 0 Å². The van der Waals surface area contributed by atoms with Crippen molar-refractivity contribution in [2.24, 2.45) is 0 Å². The van der Waals surface area contributed by atoms with Gasteiger partial charge in [-0.25, -0.2) is 0 Å². The Labute approximate surface area is 96.4 Å². The van der Waals surface area contributed by atoms with Crippen LogP contribution in [0.2, 0.25) is 0 Å². The van der Waals surface area contributed by atoms with Crippen molar-refractivity contribution in [1.29, 1.82) is 0 Å². The molecule has 0 aromatic carbocycles. The van der Waals surface area contributed by atoms with Crippen LogP contribution in [0.25, 0.3) is 0 Å². The van der Waals surface area contributed by atoms with Gasteiger partial charge in [-0.15, -0.1) is 12.4 Å². The van der Waals surface area contributed by atoms with Gasteiger partial charge >= 0.3 is 0 Å². The van der Waals surface area contributed by atoms with E-state index in [1.165, 1.54) is 7.11 Å². The van der Waals surface area contributed by atoms with E-state index in [1.54, 1.807) is 11.8 Å². The summed E-state index contributed by atoms with van der Waals surface area (Å²) < 4.78 is 10.3. The molecule has 5 unspecified atom stereocenters. The fourth-order valence-electron chi connectivity index (χ4n) is 1.82. The summed E-state index contributed by atoms with van der Waals surface area (Å²) in [6.45, 7) is 1.76. The minimum absolute atomic E-state index is 0. The Bertz CT molecular complexity index is 193. The summed E-state index contributed by atoms with van der Waals surface area (Å²) >= 11 is 0. The summed E-state index contributed by atoms with van der Waals surface area (Å²) in [7, 11) is 5.09. The number of likely N-dealkylation sites (N-methyl/N-ethyl adjacent to an activating group) is 1. The maximum absolute atomic E-state index is 9.84. The summed E-state index contributed by atoms with van der Waals surface area (Å²) in [5, 5.41) is 19.6. The largest absolute Gasteiger partial charge is 0.389 e. The molecule has 0 aliphatic carbocycles. The third-order valence-corrected chi connectivity index (χ3v) is 2.64. The molecule has 1 aliphatic rings. The molecule has 1 rings (SSSR count). The zero-order valence-electron chi connectivity index (χ0n) is 9.45. The molecule has 92 valence electrons. The van der Waals surface area contributed by atoms with Gasteiger partial charge in [0.25, 0.3) is 0 Å². The Hall–Kier alpha value is 0.0900. The number of hydrogen-bond acceptors (Lipinski definition) is 5. The molecule has 0 saturated carbocycles. The topological polar surface area (TPSA) is 62.2 Å². The van der Waals surface area contributed by atoms with E-state index in [9.17, 15) is 10.2 Å². The summed E-state index contributed by atoms with van der Waals surface area (Å²) in [5.74, 6) is 0. The summed E-state index contributed by atoms with van der Waals surface area (Å²) in [6.07, 6.45) is -2.54. The number of aliphatic hydroxyl groups is 2. The van der Waals surface area contributed by atoms with Crippen LogP contribution in [-0.4, -0.2) is 67.0 Å². The monoisotopic (exact) mass is 241 g/mol. The highest BCUT2D eigenvalue weighted by Gasteiger charge is 2.43. The predicted molar refractivity (Wildman–Crippen MR) is 58.1 cm³/mol. The van der Waals surface area contributed by atoms with Crippen LogP contribution in [0.3, 0.4) is 0 Å². The SMILES string of the molecule is COC1OC(C)C(O)C(N(C)C)C1O.Cl. The van der Waals surface area contributed by atoms with Crippen molar-refractivity contribution in [3.05, 3.63) is 0 Å². The zero-order chi connectivity index (χ0) is 10.9. The maximum Gasteiger partial charge on any atom is 0.185 e. The number of hydrogen-bond donors (Lipinski definition) is 2. The molecule has 1 heterocycles. The molecule has 2 N–H and O–H groups in total. The van der Waals surface area contributed by atoms with Crippen molar-refractivity contribution >= 4 is 12.4 Å². The molecular weight excluding hydrogens is 222 g/mol. The van der Waals surface area contributed by atoms with Gasteiger partial charge in [0.05, 0.1) is 18.2 Å². The average molecular weight is 242 g/mol. The highest BCUT2D eigenvalue weighted by Crippen LogP contribution is 2.23. The lowest BCUT2D eigenvalue weighted by molar-refractivity contribution is -0.272. The molecule has 0 amide bonds. The third-order valence-electron chi connectivity index (χ3n) is 2.64. The van der Waals surface area contributed by atoms with Crippen molar-refractivity contribution in [3.63, 3.8) is 0 Å². The molecule has 1 aliphatic heterocycles. The first-order chi connectivity index (χ1) is 6.49. The van der Waals surface area contributed by atoms with Crippen molar-refractivity contribution < 1.29 is 19.7 Å². The van der Waals surface area contributed by atoms with Crippen molar-refractivity contribution in [1.82, 2.24) is 4.90 Å². The number of ether oxygens (including phenoxy) is 2. The number of halogens is 1. The summed E-state index contributed by atoms with van der Waals surface area (Å²) in [6, 6.07) is -0.358. The lowest BCUT2D eigenvalue weighted by Gasteiger charge is -2.43. The second-order valence-electron chi connectivity index (χ2n) is 3.88. The van der Waals surface area contributed by atoms with Gasteiger partial charge in [0.15, 0.2) is 6.29 Å². The van der Waals surface area contributed by atoms with E-state index in [1.807, 2.05) is 14.1 Å². The van der Waals surface area contributed by atoms with Gasteiger partial charge < -0.3 is 24.6 Å². The first-order valence-electron chi connectivity index (χ1n) is 4.70. The Kier molecular flexibility index (Phi) is 6.02. The molecule has 0 bridgehead atoms. The Morgan fingerprint density at radius 2 is 1.73 bits per heavy atom. The van der Waals surface area contributed by atoms with Crippen LogP contribution >= 0.6 is 12.4 Å². The fraction of sp³-hybridized carbons (Fsp3) is 1.00. The summed E-state index contributed by atoms with van der Waals surface area (Å²) in [4.78, 5) is 1.78. The Morgan fingerprint density at radius 3 is 2.13 bits per heavy atom. The van der Waals surface area contributed by atoms with Gasteiger partial charge in [0.2, 0.25) is 0 Å². The van der Waals surface area contributed by atoms with Crippen molar-refractivity contribution in [2.75, 3.05) is 21.2 Å². The number of nitrogens with zero attached hydrogens (tertiary/aromatic N) is 1. The second kappa shape index (κ2) is 5.98. The van der Waals surface area contributed by atoms with Crippen LogP contribution < -0.4 is 0 Å². The van der Waals surface area contributed by atoms with Crippen molar-refractivity contribution in [3.8, 4) is 0 Å². The molecule has 6 heteroatoms. The fourth-order valence-corrected chi connectivity index (χ4v) is 1.82. The van der Waals surface area contributed by atoms with Crippen LogP contribution in [-0.2, 0) is 9.47 Å². The lowest BCUT2D eigenvalue weighted by atomic mass is 9.96. The maximum atomic E-state index is 9.84. The van der Waals surface area contributed by atoms with Gasteiger partial charge in [0.1, 0.15) is 6.10 Å². The molecule has 15 heavy (non-hydrogen) atoms. The average Bonchev–Trinajstić information content (AvgIpc) is 2.11. The van der Waals surface area contributed by atoms with Crippen LogP contribution in [0, 0.1) is 0 Å². The minimum atomic E-state index is -0.832. The molecule has 5 nitrogen and oxygen atoms in total.